The van der Waals surface area contributed by atoms with Gasteiger partial charge >= 0.3 is 8.60 Å². The Morgan fingerprint density at radius 1 is 0.500 bits per heavy atom. The topological polar surface area (TPSA) is 27.7 Å². The molecule has 3 nitrogen and oxygen atoms in total. The third-order valence-electron chi connectivity index (χ3n) is 6.22. The van der Waals surface area contributed by atoms with E-state index in [0.29, 0.717) is 17.8 Å². The summed E-state index contributed by atoms with van der Waals surface area (Å²) in [6.45, 7) is 20.3. The lowest BCUT2D eigenvalue weighted by atomic mass is 9.98. The van der Waals surface area contributed by atoms with Crippen LogP contribution in [0.2, 0.25) is 0 Å². The first-order chi connectivity index (χ1) is 13.4. The molecule has 0 saturated carbocycles. The highest BCUT2D eigenvalue weighted by molar-refractivity contribution is 7.41. The Labute approximate surface area is 178 Å². The third kappa shape index (κ3) is 10.9. The second-order valence-electron chi connectivity index (χ2n) is 8.68. The standard InChI is InChI=1S/C24H51O3P/c1-10-16-22(19(7)13-4)25-28(26-23(17-11-2)20(8)14-5)27-24(18-12-3)21(9)15-6/h19-24H,10-18H2,1-9H3. The summed E-state index contributed by atoms with van der Waals surface area (Å²) >= 11 is 0. The van der Waals surface area contributed by atoms with E-state index in [1.54, 1.807) is 0 Å². The largest absolute Gasteiger partial charge is 0.333 e. The van der Waals surface area contributed by atoms with Crippen LogP contribution in [0, 0.1) is 17.8 Å². The molecule has 0 aromatic heterocycles. The molecule has 0 heterocycles. The fourth-order valence-corrected chi connectivity index (χ4v) is 5.12. The zero-order chi connectivity index (χ0) is 21.5. The Balaban J connectivity index is 5.45. The smallest absolute Gasteiger partial charge is 0.309 e. The maximum Gasteiger partial charge on any atom is 0.333 e. The lowest BCUT2D eigenvalue weighted by Crippen LogP contribution is -2.27. The van der Waals surface area contributed by atoms with E-state index in [1.807, 2.05) is 0 Å². The van der Waals surface area contributed by atoms with Crippen LogP contribution >= 0.6 is 8.60 Å². The first kappa shape index (κ1) is 28.3. The summed E-state index contributed by atoms with van der Waals surface area (Å²) < 4.78 is 19.8. The van der Waals surface area contributed by atoms with Gasteiger partial charge in [-0.15, -0.1) is 0 Å². The van der Waals surface area contributed by atoms with E-state index in [2.05, 4.69) is 62.3 Å². The van der Waals surface area contributed by atoms with Crippen molar-refractivity contribution < 1.29 is 13.6 Å². The Hall–Kier alpha value is 0.310. The van der Waals surface area contributed by atoms with Crippen molar-refractivity contribution in [3.63, 3.8) is 0 Å². The van der Waals surface area contributed by atoms with Crippen LogP contribution in [0.1, 0.15) is 120 Å². The fourth-order valence-electron chi connectivity index (χ4n) is 3.37. The van der Waals surface area contributed by atoms with Crippen molar-refractivity contribution in [1.82, 2.24) is 0 Å². The molecule has 0 fully saturated rings. The van der Waals surface area contributed by atoms with Crippen molar-refractivity contribution in [2.45, 2.75) is 138 Å². The zero-order valence-corrected chi connectivity index (χ0v) is 21.4. The summed E-state index contributed by atoms with van der Waals surface area (Å²) in [6, 6.07) is 0. The van der Waals surface area contributed by atoms with Crippen molar-refractivity contribution in [2.24, 2.45) is 17.8 Å². The predicted molar refractivity (Wildman–Crippen MR) is 125 cm³/mol. The molecule has 6 unspecified atom stereocenters. The highest BCUT2D eigenvalue weighted by Crippen LogP contribution is 2.49. The van der Waals surface area contributed by atoms with Gasteiger partial charge in [0.25, 0.3) is 0 Å². The quantitative estimate of drug-likeness (QED) is 0.208. The lowest BCUT2D eigenvalue weighted by Gasteiger charge is -2.34. The molecule has 0 saturated heterocycles. The molecule has 0 amide bonds. The van der Waals surface area contributed by atoms with Gasteiger partial charge in [0.05, 0.1) is 18.3 Å². The van der Waals surface area contributed by atoms with Crippen LogP contribution in [0.3, 0.4) is 0 Å². The molecular formula is C24H51O3P. The van der Waals surface area contributed by atoms with E-state index >= 15 is 0 Å². The first-order valence-corrected chi connectivity index (χ1v) is 13.3. The molecule has 0 spiro atoms. The summed E-state index contributed by atoms with van der Waals surface area (Å²) in [7, 11) is -1.33. The van der Waals surface area contributed by atoms with Crippen LogP contribution < -0.4 is 0 Å². The van der Waals surface area contributed by atoms with Crippen molar-refractivity contribution >= 4 is 8.60 Å². The summed E-state index contributed by atoms with van der Waals surface area (Å²) in [4.78, 5) is 0. The minimum Gasteiger partial charge on any atom is -0.309 e. The molecule has 28 heavy (non-hydrogen) atoms. The molecule has 0 aliphatic carbocycles. The number of hydrogen-bond acceptors (Lipinski definition) is 3. The average molecular weight is 419 g/mol. The van der Waals surface area contributed by atoms with E-state index in [0.717, 1.165) is 57.8 Å². The molecule has 0 rings (SSSR count). The summed E-state index contributed by atoms with van der Waals surface area (Å²) in [5, 5.41) is 0. The second-order valence-corrected chi connectivity index (χ2v) is 9.76. The van der Waals surface area contributed by atoms with Gasteiger partial charge in [-0.2, -0.15) is 0 Å². The molecule has 0 bridgehead atoms. The monoisotopic (exact) mass is 418 g/mol. The Morgan fingerprint density at radius 2 is 0.750 bits per heavy atom. The van der Waals surface area contributed by atoms with E-state index < -0.39 is 8.60 Å². The molecule has 6 atom stereocenters. The summed E-state index contributed by atoms with van der Waals surface area (Å²) in [5.41, 5.74) is 0. The van der Waals surface area contributed by atoms with Crippen molar-refractivity contribution in [1.29, 1.82) is 0 Å². The van der Waals surface area contributed by atoms with Gasteiger partial charge in [-0.05, 0) is 37.0 Å². The van der Waals surface area contributed by atoms with E-state index in [4.69, 9.17) is 13.6 Å². The minimum absolute atomic E-state index is 0.222. The van der Waals surface area contributed by atoms with Gasteiger partial charge in [-0.3, -0.25) is 0 Å². The van der Waals surface area contributed by atoms with Crippen molar-refractivity contribution in [2.75, 3.05) is 0 Å². The third-order valence-corrected chi connectivity index (χ3v) is 7.55. The molecule has 0 aromatic rings. The highest BCUT2D eigenvalue weighted by Gasteiger charge is 2.31. The minimum atomic E-state index is -1.33. The SMILES string of the molecule is CCCC(OP(OC(CCC)C(C)CC)OC(CCC)C(C)CC)C(C)CC. The van der Waals surface area contributed by atoms with Gasteiger partial charge in [0.2, 0.25) is 0 Å². The van der Waals surface area contributed by atoms with Crippen LogP contribution in [0.15, 0.2) is 0 Å². The Kier molecular flexibility index (Phi) is 17.2. The van der Waals surface area contributed by atoms with E-state index in [-0.39, 0.29) is 18.3 Å². The molecule has 0 aliphatic heterocycles. The molecule has 4 heteroatoms. The molecule has 0 radical (unpaired) electrons. The number of rotatable bonds is 18. The van der Waals surface area contributed by atoms with Gasteiger partial charge in [0.1, 0.15) is 0 Å². The summed E-state index contributed by atoms with van der Waals surface area (Å²) in [6.07, 6.45) is 10.7. The van der Waals surface area contributed by atoms with Gasteiger partial charge in [-0.1, -0.05) is 101 Å². The molecule has 0 aliphatic rings. The highest BCUT2D eigenvalue weighted by atomic mass is 31.2. The Morgan fingerprint density at radius 3 is 0.929 bits per heavy atom. The van der Waals surface area contributed by atoms with Gasteiger partial charge in [0.15, 0.2) is 0 Å². The van der Waals surface area contributed by atoms with Crippen molar-refractivity contribution in [3.05, 3.63) is 0 Å². The van der Waals surface area contributed by atoms with Gasteiger partial charge in [0, 0.05) is 0 Å². The first-order valence-electron chi connectivity index (χ1n) is 12.2. The normalized spacial score (nSPS) is 19.6. The van der Waals surface area contributed by atoms with Crippen molar-refractivity contribution in [3.8, 4) is 0 Å². The molecular weight excluding hydrogens is 367 g/mol. The molecule has 0 N–H and O–H groups in total. The van der Waals surface area contributed by atoms with E-state index in [1.165, 1.54) is 0 Å². The summed E-state index contributed by atoms with van der Waals surface area (Å²) in [5.74, 6) is 1.58. The van der Waals surface area contributed by atoms with E-state index in [9.17, 15) is 0 Å². The van der Waals surface area contributed by atoms with Crippen LogP contribution in [0.5, 0.6) is 0 Å². The van der Waals surface area contributed by atoms with Crippen LogP contribution in [0.25, 0.3) is 0 Å². The Bertz CT molecular complexity index is 300. The number of hydrogen-bond donors (Lipinski definition) is 0. The molecule has 170 valence electrons. The average Bonchev–Trinajstić information content (AvgIpc) is 2.70. The second kappa shape index (κ2) is 17.0. The van der Waals surface area contributed by atoms with Crippen LogP contribution in [-0.4, -0.2) is 18.3 Å². The van der Waals surface area contributed by atoms with Gasteiger partial charge < -0.3 is 13.6 Å². The lowest BCUT2D eigenvalue weighted by molar-refractivity contribution is 0.0151. The van der Waals surface area contributed by atoms with Crippen LogP contribution in [-0.2, 0) is 13.6 Å². The maximum absolute atomic E-state index is 6.61. The fraction of sp³-hybridized carbons (Fsp3) is 1.00. The zero-order valence-electron chi connectivity index (χ0n) is 20.5. The maximum atomic E-state index is 6.61. The predicted octanol–water partition coefficient (Wildman–Crippen LogP) is 8.91. The van der Waals surface area contributed by atoms with Gasteiger partial charge in [-0.25, -0.2) is 0 Å². The molecule has 0 aromatic carbocycles. The van der Waals surface area contributed by atoms with Crippen LogP contribution in [0.4, 0.5) is 0 Å².